The van der Waals surface area contributed by atoms with E-state index in [2.05, 4.69) is 34.3 Å². The highest BCUT2D eigenvalue weighted by Crippen LogP contribution is 2.40. The number of aromatic nitrogens is 2. The highest BCUT2D eigenvalue weighted by atomic mass is 16.2. The average molecular weight is 412 g/mol. The van der Waals surface area contributed by atoms with Crippen molar-refractivity contribution in [2.75, 3.05) is 0 Å². The minimum absolute atomic E-state index is 0.00559. The number of carbonyl (C=O) groups excluding carboxylic acids is 2. The van der Waals surface area contributed by atoms with Crippen LogP contribution in [0, 0.1) is 0 Å². The summed E-state index contributed by atoms with van der Waals surface area (Å²) in [6.45, 7) is 2.08. The molecule has 31 heavy (non-hydrogen) atoms. The van der Waals surface area contributed by atoms with Gasteiger partial charge in [0.05, 0.1) is 6.04 Å². The molecule has 2 unspecified atom stereocenters. The number of carbonyl (C=O) groups is 2. The first-order valence-electron chi connectivity index (χ1n) is 10.9. The lowest BCUT2D eigenvalue weighted by atomic mass is 9.86. The van der Waals surface area contributed by atoms with E-state index in [1.54, 1.807) is 0 Å². The van der Waals surface area contributed by atoms with Crippen molar-refractivity contribution in [3.8, 4) is 0 Å². The van der Waals surface area contributed by atoms with Crippen LogP contribution < -0.4 is 5.32 Å². The second-order valence-corrected chi connectivity index (χ2v) is 8.58. The molecule has 2 aliphatic rings. The zero-order valence-electron chi connectivity index (χ0n) is 17.3. The summed E-state index contributed by atoms with van der Waals surface area (Å²) in [6.07, 6.45) is 3.73. The summed E-state index contributed by atoms with van der Waals surface area (Å²) in [4.78, 5) is 35.5. The molecular weight excluding hydrogens is 388 g/mol. The lowest BCUT2D eigenvalue weighted by molar-refractivity contribution is -0.153. The van der Waals surface area contributed by atoms with Gasteiger partial charge in [0.1, 0.15) is 12.1 Å². The first-order valence-corrected chi connectivity index (χ1v) is 10.9. The lowest BCUT2D eigenvalue weighted by Crippen LogP contribution is -2.66. The van der Waals surface area contributed by atoms with Crippen LogP contribution in [0.2, 0.25) is 0 Å². The largest absolute Gasteiger partial charge is 0.361 e. The zero-order valence-corrected chi connectivity index (χ0v) is 17.3. The Labute approximate surface area is 179 Å². The van der Waals surface area contributed by atoms with Crippen LogP contribution in [0.1, 0.15) is 36.2 Å². The SMILES string of the molecule is CCC1c2[nH]c3ccccc3c2C[C@H]2C(=O)NC(Cc3c[nH]c4ccccc34)C(=O)N12. The van der Waals surface area contributed by atoms with Crippen LogP contribution in [0.25, 0.3) is 21.8 Å². The third-order valence-electron chi connectivity index (χ3n) is 6.91. The molecule has 4 heterocycles. The molecule has 0 aliphatic carbocycles. The molecule has 0 saturated carbocycles. The monoisotopic (exact) mass is 412 g/mol. The summed E-state index contributed by atoms with van der Waals surface area (Å²) in [7, 11) is 0. The molecule has 0 bridgehead atoms. The van der Waals surface area contributed by atoms with Crippen molar-refractivity contribution in [1.29, 1.82) is 0 Å². The molecule has 6 rings (SSSR count). The molecule has 1 saturated heterocycles. The predicted octanol–water partition coefficient (Wildman–Crippen LogP) is 3.59. The average Bonchev–Trinajstić information content (AvgIpc) is 3.37. The number of rotatable bonds is 3. The summed E-state index contributed by atoms with van der Waals surface area (Å²) in [5.74, 6) is -0.0511. The van der Waals surface area contributed by atoms with Gasteiger partial charge in [-0.15, -0.1) is 0 Å². The number of fused-ring (bicyclic) bond motifs is 5. The van der Waals surface area contributed by atoms with Crippen molar-refractivity contribution in [2.24, 2.45) is 0 Å². The molecule has 0 spiro atoms. The normalized spacial score (nSPS) is 23.1. The van der Waals surface area contributed by atoms with Gasteiger partial charge in [-0.25, -0.2) is 0 Å². The summed E-state index contributed by atoms with van der Waals surface area (Å²) < 4.78 is 0. The van der Waals surface area contributed by atoms with Crippen LogP contribution >= 0.6 is 0 Å². The highest BCUT2D eigenvalue weighted by Gasteiger charge is 2.47. The molecule has 1 fully saturated rings. The van der Waals surface area contributed by atoms with E-state index in [0.29, 0.717) is 12.8 Å². The molecule has 4 aromatic rings. The molecule has 6 heteroatoms. The number of nitrogens with zero attached hydrogens (tertiary/aromatic N) is 1. The first-order chi connectivity index (χ1) is 15.2. The maximum absolute atomic E-state index is 13.6. The van der Waals surface area contributed by atoms with E-state index in [9.17, 15) is 9.59 Å². The van der Waals surface area contributed by atoms with Crippen LogP contribution in [0.15, 0.2) is 54.7 Å². The number of benzene rings is 2. The minimum atomic E-state index is -0.553. The van der Waals surface area contributed by atoms with Gasteiger partial charge in [0.2, 0.25) is 11.8 Å². The molecule has 2 aliphatic heterocycles. The molecule has 2 aromatic carbocycles. The van der Waals surface area contributed by atoms with Gasteiger partial charge >= 0.3 is 0 Å². The molecule has 0 radical (unpaired) electrons. The van der Waals surface area contributed by atoms with Crippen molar-refractivity contribution in [3.63, 3.8) is 0 Å². The second kappa shape index (κ2) is 6.74. The smallest absolute Gasteiger partial charge is 0.246 e. The number of amides is 2. The van der Waals surface area contributed by atoms with Gasteiger partial charge in [-0.05, 0) is 29.7 Å². The number of para-hydroxylation sites is 2. The van der Waals surface area contributed by atoms with Crippen molar-refractivity contribution >= 4 is 33.6 Å². The minimum Gasteiger partial charge on any atom is -0.361 e. The molecular formula is C25H24N4O2. The van der Waals surface area contributed by atoms with E-state index < -0.39 is 12.1 Å². The van der Waals surface area contributed by atoms with Gasteiger partial charge in [0.15, 0.2) is 0 Å². The Bertz CT molecular complexity index is 1330. The van der Waals surface area contributed by atoms with Crippen LogP contribution in [0.5, 0.6) is 0 Å². The van der Waals surface area contributed by atoms with Crippen molar-refractivity contribution < 1.29 is 9.59 Å². The fourth-order valence-electron chi connectivity index (χ4n) is 5.47. The quantitative estimate of drug-likeness (QED) is 0.481. The predicted molar refractivity (Wildman–Crippen MR) is 120 cm³/mol. The number of aromatic amines is 2. The topological polar surface area (TPSA) is 81.0 Å². The van der Waals surface area contributed by atoms with Crippen LogP contribution in [-0.2, 0) is 22.4 Å². The Morgan fingerprint density at radius 1 is 1.00 bits per heavy atom. The van der Waals surface area contributed by atoms with Gasteiger partial charge in [-0.2, -0.15) is 0 Å². The van der Waals surface area contributed by atoms with Gasteiger partial charge in [0.25, 0.3) is 0 Å². The van der Waals surface area contributed by atoms with E-state index in [4.69, 9.17) is 0 Å². The van der Waals surface area contributed by atoms with E-state index in [1.807, 2.05) is 47.5 Å². The standard InChI is InChI=1S/C25H24N4O2/c1-2-21-23-17(16-8-4-6-10-19(16)27-23)12-22-24(30)28-20(25(31)29(21)22)11-14-13-26-18-9-5-3-7-15(14)18/h3-10,13,20-22,26-27H,2,11-12H2,1H3,(H,28,30)/t20?,21?,22-/m0/s1. The maximum atomic E-state index is 13.6. The third kappa shape index (κ3) is 2.64. The van der Waals surface area contributed by atoms with Crippen molar-refractivity contribution in [3.05, 3.63) is 71.5 Å². The maximum Gasteiger partial charge on any atom is 0.246 e. The number of nitrogens with one attached hydrogen (secondary N) is 3. The van der Waals surface area contributed by atoms with Gasteiger partial charge in [-0.3, -0.25) is 9.59 Å². The van der Waals surface area contributed by atoms with Gasteiger partial charge in [0, 0.05) is 46.5 Å². The molecule has 6 nitrogen and oxygen atoms in total. The summed E-state index contributed by atoms with van der Waals surface area (Å²) >= 11 is 0. The summed E-state index contributed by atoms with van der Waals surface area (Å²) in [5.41, 5.74) is 5.39. The fourth-order valence-corrected chi connectivity index (χ4v) is 5.47. The highest BCUT2D eigenvalue weighted by molar-refractivity contribution is 5.99. The van der Waals surface area contributed by atoms with Gasteiger partial charge in [-0.1, -0.05) is 43.3 Å². The Morgan fingerprint density at radius 3 is 2.55 bits per heavy atom. The number of hydrogen-bond acceptors (Lipinski definition) is 2. The lowest BCUT2D eigenvalue weighted by Gasteiger charge is -2.46. The Morgan fingerprint density at radius 2 is 1.74 bits per heavy atom. The Kier molecular flexibility index (Phi) is 3.96. The van der Waals surface area contributed by atoms with Crippen molar-refractivity contribution in [1.82, 2.24) is 20.2 Å². The third-order valence-corrected chi connectivity index (χ3v) is 6.91. The number of H-pyrrole nitrogens is 2. The van der Waals surface area contributed by atoms with Crippen LogP contribution in [0.3, 0.4) is 0 Å². The summed E-state index contributed by atoms with van der Waals surface area (Å²) in [5, 5.41) is 5.27. The zero-order chi connectivity index (χ0) is 21.1. The van der Waals surface area contributed by atoms with Gasteiger partial charge < -0.3 is 20.2 Å². The van der Waals surface area contributed by atoms with E-state index in [-0.39, 0.29) is 17.9 Å². The van der Waals surface area contributed by atoms with Crippen LogP contribution in [-0.4, -0.2) is 38.8 Å². The summed E-state index contributed by atoms with van der Waals surface area (Å²) in [6, 6.07) is 15.1. The van der Waals surface area contributed by atoms with Crippen molar-refractivity contribution in [2.45, 2.75) is 44.3 Å². The molecule has 2 aromatic heterocycles. The molecule has 3 N–H and O–H groups in total. The molecule has 156 valence electrons. The second-order valence-electron chi connectivity index (χ2n) is 8.58. The van der Waals surface area contributed by atoms with E-state index in [0.717, 1.165) is 39.5 Å². The van der Waals surface area contributed by atoms with Crippen LogP contribution in [0.4, 0.5) is 0 Å². The van der Waals surface area contributed by atoms with E-state index in [1.165, 1.54) is 5.56 Å². The Balaban J connectivity index is 1.38. The number of hydrogen-bond donors (Lipinski definition) is 3. The first kappa shape index (κ1) is 18.2. The number of piperazine rings is 1. The Hall–Kier alpha value is -3.54. The fraction of sp³-hybridized carbons (Fsp3) is 0.280. The van der Waals surface area contributed by atoms with E-state index >= 15 is 0 Å². The molecule has 2 amide bonds. The molecule has 3 atom stereocenters.